The number of benzene rings is 1. The van der Waals surface area contributed by atoms with Crippen molar-refractivity contribution in [2.75, 3.05) is 19.8 Å². The number of carbonyl (C=O) groups is 1. The predicted octanol–water partition coefficient (Wildman–Crippen LogP) is 2.12. The number of nitrogens with one attached hydrogen (secondary N) is 1. The molecule has 1 fully saturated rings. The van der Waals surface area contributed by atoms with Crippen LogP contribution in [0.15, 0.2) is 43.0 Å². The van der Waals surface area contributed by atoms with Crippen LogP contribution in [-0.2, 0) is 23.4 Å². The molecule has 216 valence electrons. The molecule has 0 radical (unpaired) electrons. The van der Waals surface area contributed by atoms with Crippen molar-refractivity contribution < 1.29 is 42.8 Å². The molecule has 0 spiro atoms. The molecule has 0 saturated carbocycles. The van der Waals surface area contributed by atoms with Crippen molar-refractivity contribution in [3.8, 4) is 11.6 Å². The second-order valence-electron chi connectivity index (χ2n) is 9.83. The third kappa shape index (κ3) is 5.97. The first-order valence-electron chi connectivity index (χ1n) is 13.0. The van der Waals surface area contributed by atoms with E-state index >= 15 is 0 Å². The second kappa shape index (κ2) is 11.8. The lowest BCUT2D eigenvalue weighted by Gasteiger charge is -2.27. The highest BCUT2D eigenvalue weighted by Crippen LogP contribution is 2.47. The Bertz CT molecular complexity index is 1370. The average molecular weight is 578 g/mol. The highest BCUT2D eigenvalue weighted by atomic mass is 31.2. The van der Waals surface area contributed by atoms with Crippen LogP contribution in [0.25, 0.3) is 11.2 Å². The van der Waals surface area contributed by atoms with Crippen molar-refractivity contribution in [1.29, 1.82) is 0 Å². The number of ether oxygens (including phenoxy) is 3. The molecule has 0 aliphatic carbocycles. The molecule has 3 N–H and O–H groups in total. The summed E-state index contributed by atoms with van der Waals surface area (Å²) in [5.74, 6) is -0.140. The summed E-state index contributed by atoms with van der Waals surface area (Å²) in [5, 5.41) is 24.9. The Labute approximate surface area is 230 Å². The van der Waals surface area contributed by atoms with E-state index in [-0.39, 0.29) is 18.2 Å². The number of aromatic nitrogens is 4. The molecule has 40 heavy (non-hydrogen) atoms. The number of nitrogens with zero attached hydrogens (tertiary/aromatic N) is 4. The van der Waals surface area contributed by atoms with Gasteiger partial charge in [-0.05, 0) is 45.2 Å². The number of rotatable bonds is 2. The fourth-order valence-electron chi connectivity index (χ4n) is 4.50. The van der Waals surface area contributed by atoms with Crippen molar-refractivity contribution >= 4 is 24.9 Å². The number of aliphatic hydroxyl groups is 2. The van der Waals surface area contributed by atoms with Gasteiger partial charge in [0.15, 0.2) is 17.4 Å². The normalized spacial score (nSPS) is 32.4. The first-order chi connectivity index (χ1) is 19.2. The minimum absolute atomic E-state index is 0.163. The highest BCUT2D eigenvalue weighted by Gasteiger charge is 2.54. The lowest BCUT2D eigenvalue weighted by Crippen LogP contribution is -2.44. The maximum absolute atomic E-state index is 13.8. The third-order valence-corrected chi connectivity index (χ3v) is 8.33. The molecule has 4 heterocycles. The Kier molecular flexibility index (Phi) is 8.36. The summed E-state index contributed by atoms with van der Waals surface area (Å²) >= 11 is 0. The zero-order valence-corrected chi connectivity index (χ0v) is 23.0. The average Bonchev–Trinajstić information content (AvgIpc) is 3.45. The minimum atomic E-state index is -4.21. The van der Waals surface area contributed by atoms with Gasteiger partial charge in [-0.25, -0.2) is 14.5 Å². The standard InChI is InChI=1S/C25H32N5O9P/c1-16-23(32)36-12-8-4-7-11-35-22-19-21(26-14-27-22)30(15-28-19)24-25(2,33)20(31)18(38-24)13-37-40(34,29-16)39-17-9-5-3-6-10-17/h3,5-6,9-10,14-16,18,20,24,31,33H,4,7-8,11-13H2,1-2H3,(H,29,34)/t16-,18-,20-,24-,25-,40?/m1/s1. The van der Waals surface area contributed by atoms with Crippen molar-refractivity contribution in [3.63, 3.8) is 0 Å². The van der Waals surface area contributed by atoms with E-state index in [2.05, 4.69) is 20.0 Å². The van der Waals surface area contributed by atoms with E-state index in [0.29, 0.717) is 37.0 Å². The summed E-state index contributed by atoms with van der Waals surface area (Å²) in [7, 11) is -4.21. The van der Waals surface area contributed by atoms with Crippen molar-refractivity contribution in [3.05, 3.63) is 43.0 Å². The van der Waals surface area contributed by atoms with Crippen LogP contribution in [0.5, 0.6) is 11.6 Å². The lowest BCUT2D eigenvalue weighted by molar-refractivity contribution is -0.145. The highest BCUT2D eigenvalue weighted by molar-refractivity contribution is 7.52. The quantitative estimate of drug-likeness (QED) is 0.298. The van der Waals surface area contributed by atoms with E-state index in [9.17, 15) is 19.6 Å². The van der Waals surface area contributed by atoms with Gasteiger partial charge in [-0.3, -0.25) is 13.9 Å². The summed E-state index contributed by atoms with van der Waals surface area (Å²) in [6.45, 7) is 2.94. The van der Waals surface area contributed by atoms with Gasteiger partial charge in [-0.15, -0.1) is 0 Å². The summed E-state index contributed by atoms with van der Waals surface area (Å²) in [5.41, 5.74) is -1.13. The minimum Gasteiger partial charge on any atom is -0.476 e. The second-order valence-corrected chi connectivity index (χ2v) is 11.5. The molecule has 3 aromatic rings. The number of hydrogen-bond acceptors (Lipinski definition) is 12. The van der Waals surface area contributed by atoms with Gasteiger partial charge in [-0.2, -0.15) is 10.1 Å². The molecule has 2 aliphatic heterocycles. The summed E-state index contributed by atoms with van der Waals surface area (Å²) in [6.07, 6.45) is 0.967. The van der Waals surface area contributed by atoms with Crippen LogP contribution >= 0.6 is 7.75 Å². The molecule has 0 amide bonds. The summed E-state index contributed by atoms with van der Waals surface area (Å²) < 4.78 is 43.8. The van der Waals surface area contributed by atoms with Crippen LogP contribution in [0.4, 0.5) is 0 Å². The van der Waals surface area contributed by atoms with Crippen LogP contribution in [0.3, 0.4) is 0 Å². The van der Waals surface area contributed by atoms with Crippen LogP contribution in [0.1, 0.15) is 39.3 Å². The van der Waals surface area contributed by atoms with Crippen molar-refractivity contribution in [2.45, 2.75) is 63.2 Å². The van der Waals surface area contributed by atoms with Gasteiger partial charge in [0.1, 0.15) is 35.9 Å². The molecule has 1 aromatic carbocycles. The van der Waals surface area contributed by atoms with E-state index in [0.717, 1.165) is 0 Å². The molecule has 6 bridgehead atoms. The molecule has 1 saturated heterocycles. The SMILES string of the molecule is C[C@H]1NP(=O)(Oc2ccccc2)OC[C@H]2O[C@@H](n3cnc4c(ncnc43)OCCCCCOC1=O)[C@](C)(O)[C@@H]2O. The first kappa shape index (κ1) is 28.4. The molecular weight excluding hydrogens is 545 g/mol. The monoisotopic (exact) mass is 577 g/mol. The molecule has 1 unspecified atom stereocenters. The van der Waals surface area contributed by atoms with Crippen molar-refractivity contribution in [1.82, 2.24) is 24.6 Å². The fourth-order valence-corrected chi connectivity index (χ4v) is 6.01. The van der Waals surface area contributed by atoms with Crippen LogP contribution < -0.4 is 14.3 Å². The van der Waals surface area contributed by atoms with E-state index in [1.807, 2.05) is 0 Å². The van der Waals surface area contributed by atoms with Gasteiger partial charge >= 0.3 is 13.7 Å². The van der Waals surface area contributed by atoms with E-state index in [4.69, 9.17) is 23.3 Å². The van der Waals surface area contributed by atoms with Gasteiger partial charge < -0.3 is 28.9 Å². The Morgan fingerprint density at radius 1 is 1.12 bits per heavy atom. The van der Waals surface area contributed by atoms with Crippen LogP contribution in [0.2, 0.25) is 0 Å². The molecule has 2 aromatic heterocycles. The molecule has 5 rings (SSSR count). The fraction of sp³-hybridized carbons (Fsp3) is 0.520. The van der Waals surface area contributed by atoms with Gasteiger partial charge in [0.2, 0.25) is 5.88 Å². The molecule has 15 heteroatoms. The Balaban J connectivity index is 1.45. The van der Waals surface area contributed by atoms with Gasteiger partial charge in [0, 0.05) is 0 Å². The van der Waals surface area contributed by atoms with E-state index in [1.165, 1.54) is 31.1 Å². The number of hydrogen-bond donors (Lipinski definition) is 3. The number of cyclic esters (lactones) is 1. The predicted molar refractivity (Wildman–Crippen MR) is 139 cm³/mol. The Morgan fingerprint density at radius 3 is 2.65 bits per heavy atom. The zero-order valence-electron chi connectivity index (χ0n) is 22.1. The van der Waals surface area contributed by atoms with Crippen molar-refractivity contribution in [2.24, 2.45) is 0 Å². The van der Waals surface area contributed by atoms with Crippen LogP contribution in [0, 0.1) is 0 Å². The summed E-state index contributed by atoms with van der Waals surface area (Å²) in [6, 6.07) is 7.25. The largest absolute Gasteiger partial charge is 0.476 e. The lowest BCUT2D eigenvalue weighted by atomic mass is 9.96. The number of imidazole rings is 1. The topological polar surface area (TPSA) is 176 Å². The zero-order chi connectivity index (χ0) is 28.3. The smallest absolute Gasteiger partial charge is 0.459 e. The Hall–Kier alpha value is -3.13. The Morgan fingerprint density at radius 2 is 1.88 bits per heavy atom. The molecular formula is C25H32N5O9P. The molecule has 2 aliphatic rings. The summed E-state index contributed by atoms with van der Waals surface area (Å²) in [4.78, 5) is 25.4. The van der Waals surface area contributed by atoms with Gasteiger partial charge in [0.25, 0.3) is 0 Å². The number of para-hydroxylation sites is 1. The first-order valence-corrected chi connectivity index (χ1v) is 14.5. The van der Waals surface area contributed by atoms with Gasteiger partial charge in [-0.1, -0.05) is 18.2 Å². The molecule has 14 nitrogen and oxygen atoms in total. The third-order valence-electron chi connectivity index (χ3n) is 6.69. The maximum Gasteiger partial charge on any atom is 0.459 e. The molecule has 6 atom stereocenters. The van der Waals surface area contributed by atoms with Gasteiger partial charge in [0.05, 0.1) is 26.1 Å². The number of aliphatic hydroxyl groups excluding tert-OH is 1. The van der Waals surface area contributed by atoms with E-state index < -0.39 is 50.4 Å². The maximum atomic E-state index is 13.8. The number of carbonyl (C=O) groups excluding carboxylic acids is 1. The number of fused-ring (bicyclic) bond motifs is 3. The van der Waals surface area contributed by atoms with Crippen LogP contribution in [-0.4, -0.2) is 79.4 Å². The number of esters is 1. The van der Waals surface area contributed by atoms with E-state index in [1.54, 1.807) is 30.3 Å².